The van der Waals surface area contributed by atoms with E-state index in [1.807, 2.05) is 73.0 Å². The third kappa shape index (κ3) is 4.05. The van der Waals surface area contributed by atoms with Crippen molar-refractivity contribution in [3.63, 3.8) is 0 Å². The highest BCUT2D eigenvalue weighted by molar-refractivity contribution is 7.13. The molecule has 2 heterocycles. The SMILES string of the molecule is Cc1cccc(OCCOC(=O)c2cc(-c3cccs3)nc3ccccc23)c1. The van der Waals surface area contributed by atoms with Crippen LogP contribution in [0.1, 0.15) is 15.9 Å². The number of para-hydroxylation sites is 1. The summed E-state index contributed by atoms with van der Waals surface area (Å²) in [6.45, 7) is 2.49. The number of hydrogen-bond donors (Lipinski definition) is 0. The highest BCUT2D eigenvalue weighted by Gasteiger charge is 2.15. The molecule has 2 aromatic heterocycles. The fraction of sp³-hybridized carbons (Fsp3) is 0.130. The van der Waals surface area contributed by atoms with E-state index in [9.17, 15) is 4.79 Å². The summed E-state index contributed by atoms with van der Waals surface area (Å²) in [5, 5.41) is 2.78. The van der Waals surface area contributed by atoms with Crippen molar-refractivity contribution in [1.29, 1.82) is 0 Å². The van der Waals surface area contributed by atoms with Gasteiger partial charge in [0.1, 0.15) is 19.0 Å². The third-order valence-electron chi connectivity index (χ3n) is 4.28. The molecule has 2 aromatic carbocycles. The van der Waals surface area contributed by atoms with Crippen molar-refractivity contribution < 1.29 is 14.3 Å². The fourth-order valence-corrected chi connectivity index (χ4v) is 3.66. The number of carbonyl (C=O) groups is 1. The van der Waals surface area contributed by atoms with Gasteiger partial charge in [-0.1, -0.05) is 36.4 Å². The van der Waals surface area contributed by atoms with Crippen LogP contribution in [0.2, 0.25) is 0 Å². The second-order valence-electron chi connectivity index (χ2n) is 6.35. The quantitative estimate of drug-likeness (QED) is 0.322. The number of rotatable bonds is 6. The molecule has 0 amide bonds. The summed E-state index contributed by atoms with van der Waals surface area (Å²) in [5.74, 6) is 0.398. The van der Waals surface area contributed by atoms with Crippen molar-refractivity contribution in [2.75, 3.05) is 13.2 Å². The number of benzene rings is 2. The molecule has 140 valence electrons. The number of aromatic nitrogens is 1. The van der Waals surface area contributed by atoms with Crippen molar-refractivity contribution in [2.45, 2.75) is 6.92 Å². The van der Waals surface area contributed by atoms with Gasteiger partial charge in [-0.15, -0.1) is 11.3 Å². The van der Waals surface area contributed by atoms with E-state index < -0.39 is 0 Å². The Labute approximate surface area is 167 Å². The molecule has 0 radical (unpaired) electrons. The van der Waals surface area contributed by atoms with E-state index >= 15 is 0 Å². The number of thiophene rings is 1. The molecule has 0 saturated heterocycles. The lowest BCUT2D eigenvalue weighted by Crippen LogP contribution is -2.13. The summed E-state index contributed by atoms with van der Waals surface area (Å²) in [5.41, 5.74) is 3.19. The van der Waals surface area contributed by atoms with Crippen LogP contribution in [0, 0.1) is 6.92 Å². The van der Waals surface area contributed by atoms with Crippen LogP contribution in [0.15, 0.2) is 72.1 Å². The maximum atomic E-state index is 12.7. The van der Waals surface area contributed by atoms with E-state index in [2.05, 4.69) is 4.98 Å². The number of pyridine rings is 1. The largest absolute Gasteiger partial charge is 0.490 e. The first-order chi connectivity index (χ1) is 13.7. The van der Waals surface area contributed by atoms with Crippen LogP contribution in [0.3, 0.4) is 0 Å². The maximum Gasteiger partial charge on any atom is 0.339 e. The van der Waals surface area contributed by atoms with Gasteiger partial charge in [0.25, 0.3) is 0 Å². The molecule has 0 atom stereocenters. The summed E-state index contributed by atoms with van der Waals surface area (Å²) >= 11 is 1.59. The fourth-order valence-electron chi connectivity index (χ4n) is 2.97. The minimum Gasteiger partial charge on any atom is -0.490 e. The van der Waals surface area contributed by atoms with Crippen LogP contribution in [-0.4, -0.2) is 24.2 Å². The molecule has 0 N–H and O–H groups in total. The van der Waals surface area contributed by atoms with Gasteiger partial charge in [-0.25, -0.2) is 9.78 Å². The van der Waals surface area contributed by atoms with Crippen molar-refractivity contribution in [3.05, 3.63) is 83.2 Å². The predicted molar refractivity (Wildman–Crippen MR) is 112 cm³/mol. The molecule has 0 unspecified atom stereocenters. The lowest BCUT2D eigenvalue weighted by molar-refractivity contribution is 0.0452. The molecule has 5 heteroatoms. The molecule has 0 fully saturated rings. The molecule has 0 spiro atoms. The van der Waals surface area contributed by atoms with Gasteiger partial charge < -0.3 is 9.47 Å². The number of fused-ring (bicyclic) bond motifs is 1. The van der Waals surface area contributed by atoms with Crippen LogP contribution < -0.4 is 4.74 Å². The second-order valence-corrected chi connectivity index (χ2v) is 7.30. The van der Waals surface area contributed by atoms with E-state index in [-0.39, 0.29) is 12.6 Å². The lowest BCUT2D eigenvalue weighted by atomic mass is 10.1. The van der Waals surface area contributed by atoms with Crippen LogP contribution in [0.4, 0.5) is 0 Å². The van der Waals surface area contributed by atoms with Gasteiger partial charge in [-0.2, -0.15) is 0 Å². The van der Waals surface area contributed by atoms with Crippen LogP contribution in [-0.2, 0) is 4.74 Å². The van der Waals surface area contributed by atoms with Gasteiger partial charge in [-0.05, 0) is 48.2 Å². The number of esters is 1. The van der Waals surface area contributed by atoms with Gasteiger partial charge in [0.05, 0.1) is 21.7 Å². The van der Waals surface area contributed by atoms with Gasteiger partial charge in [0.15, 0.2) is 0 Å². The normalized spacial score (nSPS) is 10.8. The monoisotopic (exact) mass is 389 g/mol. The zero-order valence-electron chi connectivity index (χ0n) is 15.4. The summed E-state index contributed by atoms with van der Waals surface area (Å²) in [6, 6.07) is 21.2. The van der Waals surface area contributed by atoms with E-state index in [1.54, 1.807) is 17.4 Å². The summed E-state index contributed by atoms with van der Waals surface area (Å²) in [6.07, 6.45) is 0. The maximum absolute atomic E-state index is 12.7. The number of nitrogens with zero attached hydrogens (tertiary/aromatic N) is 1. The Hall–Kier alpha value is -3.18. The first-order valence-corrected chi connectivity index (χ1v) is 9.89. The van der Waals surface area contributed by atoms with Crippen molar-refractivity contribution in [2.24, 2.45) is 0 Å². The average Bonchev–Trinajstić information content (AvgIpc) is 3.25. The predicted octanol–water partition coefficient (Wildman–Crippen LogP) is 5.51. The Balaban J connectivity index is 1.50. The molecule has 0 aliphatic heterocycles. The molecule has 0 aliphatic carbocycles. The Morgan fingerprint density at radius 1 is 1.00 bits per heavy atom. The van der Waals surface area contributed by atoms with E-state index in [4.69, 9.17) is 9.47 Å². The second kappa shape index (κ2) is 8.23. The third-order valence-corrected chi connectivity index (χ3v) is 5.18. The average molecular weight is 389 g/mol. The number of hydrogen-bond acceptors (Lipinski definition) is 5. The highest BCUT2D eigenvalue weighted by Crippen LogP contribution is 2.28. The molecule has 4 nitrogen and oxygen atoms in total. The van der Waals surface area contributed by atoms with Crippen LogP contribution in [0.25, 0.3) is 21.5 Å². The summed E-state index contributed by atoms with van der Waals surface area (Å²) in [4.78, 5) is 18.4. The molecule has 0 bridgehead atoms. The van der Waals surface area contributed by atoms with E-state index in [0.717, 1.165) is 32.8 Å². The Bertz CT molecular complexity index is 1110. The molecule has 28 heavy (non-hydrogen) atoms. The lowest BCUT2D eigenvalue weighted by Gasteiger charge is -2.10. The zero-order chi connectivity index (χ0) is 19.3. The van der Waals surface area contributed by atoms with Gasteiger partial charge in [-0.3, -0.25) is 0 Å². The van der Waals surface area contributed by atoms with Crippen molar-refractivity contribution >= 4 is 28.2 Å². The van der Waals surface area contributed by atoms with Crippen molar-refractivity contribution in [3.8, 4) is 16.3 Å². The number of ether oxygens (including phenoxy) is 2. The Morgan fingerprint density at radius 2 is 1.89 bits per heavy atom. The molecule has 0 saturated carbocycles. The first kappa shape index (κ1) is 18.2. The minimum absolute atomic E-state index is 0.178. The smallest absolute Gasteiger partial charge is 0.339 e. The number of carbonyl (C=O) groups excluding carboxylic acids is 1. The van der Waals surface area contributed by atoms with Gasteiger partial charge in [0.2, 0.25) is 0 Å². The zero-order valence-corrected chi connectivity index (χ0v) is 16.2. The van der Waals surface area contributed by atoms with Gasteiger partial charge >= 0.3 is 5.97 Å². The van der Waals surface area contributed by atoms with Crippen LogP contribution in [0.5, 0.6) is 5.75 Å². The Kier molecular flexibility index (Phi) is 5.35. The molecule has 4 aromatic rings. The van der Waals surface area contributed by atoms with Crippen molar-refractivity contribution in [1.82, 2.24) is 4.98 Å². The molecular weight excluding hydrogens is 370 g/mol. The topological polar surface area (TPSA) is 48.4 Å². The first-order valence-electron chi connectivity index (χ1n) is 9.01. The molecule has 4 rings (SSSR count). The minimum atomic E-state index is -0.371. The molecule has 0 aliphatic rings. The van der Waals surface area contributed by atoms with Crippen LogP contribution >= 0.6 is 11.3 Å². The van der Waals surface area contributed by atoms with E-state index in [1.165, 1.54) is 0 Å². The Morgan fingerprint density at radius 3 is 2.71 bits per heavy atom. The summed E-state index contributed by atoms with van der Waals surface area (Å²) in [7, 11) is 0. The summed E-state index contributed by atoms with van der Waals surface area (Å²) < 4.78 is 11.1. The van der Waals surface area contributed by atoms with Gasteiger partial charge in [0, 0.05) is 5.39 Å². The van der Waals surface area contributed by atoms with E-state index in [0.29, 0.717) is 12.2 Å². The standard InChI is InChI=1S/C23H19NO3S/c1-16-6-4-7-17(14-16)26-11-12-27-23(25)19-15-21(22-10-5-13-28-22)24-20-9-3-2-8-18(19)20/h2-10,13-15H,11-12H2,1H3. The number of aryl methyl sites for hydroxylation is 1. The highest BCUT2D eigenvalue weighted by atomic mass is 32.1. The molecular formula is C23H19NO3S.